The average molecular weight is 503 g/mol. The minimum absolute atomic E-state index is 0.0260. The van der Waals surface area contributed by atoms with Crippen molar-refractivity contribution in [3.8, 4) is 12.0 Å². The first-order valence-corrected chi connectivity index (χ1v) is 12.9. The van der Waals surface area contributed by atoms with E-state index >= 15 is 0 Å². The van der Waals surface area contributed by atoms with Gasteiger partial charge in [-0.25, -0.2) is 0 Å². The maximum atomic E-state index is 6.39. The number of aromatic nitrogens is 3. The third-order valence-electron chi connectivity index (χ3n) is 6.57. The van der Waals surface area contributed by atoms with Gasteiger partial charge in [-0.05, 0) is 55.4 Å². The topological polar surface area (TPSA) is 93.7 Å². The number of nitrogens with zero attached hydrogens (tertiary/aromatic N) is 4. The Hall–Kier alpha value is -2.23. The summed E-state index contributed by atoms with van der Waals surface area (Å²) in [5.41, 5.74) is -0.612. The van der Waals surface area contributed by atoms with E-state index in [1.54, 1.807) is 12.2 Å². The number of rotatable bonds is 10. The van der Waals surface area contributed by atoms with Gasteiger partial charge in [0, 0.05) is 54.4 Å². The molecule has 2 saturated heterocycles. The standard InChI is InChI=1S/C27H46N6O3/c1-11-13-28-21-29-22(35-19-15-24(3,4)32-25(5,6)16-19)31-23(30-21)36-20-17-26(7,8)33(34-14-12-2)27(9,10)18-20/h11-12,19-20,32H,1-2,13-18H2,3-10H3,(H,28,29,30,31). The van der Waals surface area contributed by atoms with Gasteiger partial charge in [-0.3, -0.25) is 4.84 Å². The van der Waals surface area contributed by atoms with Crippen LogP contribution in [0.1, 0.15) is 81.1 Å². The Labute approximate surface area is 217 Å². The monoisotopic (exact) mass is 502 g/mol. The predicted octanol–water partition coefficient (Wildman–Crippen LogP) is 4.68. The summed E-state index contributed by atoms with van der Waals surface area (Å²) in [5.74, 6) is 0.410. The number of hydrogen-bond donors (Lipinski definition) is 2. The van der Waals surface area contributed by atoms with Crippen LogP contribution in [0.3, 0.4) is 0 Å². The predicted molar refractivity (Wildman–Crippen MR) is 143 cm³/mol. The van der Waals surface area contributed by atoms with Crippen LogP contribution in [0, 0.1) is 0 Å². The lowest BCUT2D eigenvalue weighted by Gasteiger charge is -2.53. The van der Waals surface area contributed by atoms with Crippen molar-refractivity contribution in [3.05, 3.63) is 25.3 Å². The molecule has 1 aromatic heterocycles. The molecule has 3 rings (SSSR count). The Morgan fingerprint density at radius 2 is 1.33 bits per heavy atom. The van der Waals surface area contributed by atoms with Gasteiger partial charge in [-0.15, -0.1) is 18.1 Å². The van der Waals surface area contributed by atoms with E-state index in [9.17, 15) is 0 Å². The molecule has 0 atom stereocenters. The van der Waals surface area contributed by atoms with E-state index in [0.717, 1.165) is 25.7 Å². The largest absolute Gasteiger partial charge is 0.460 e. The minimum Gasteiger partial charge on any atom is -0.460 e. The molecule has 1 aromatic rings. The highest BCUT2D eigenvalue weighted by molar-refractivity contribution is 5.28. The quantitative estimate of drug-likeness (QED) is 0.442. The van der Waals surface area contributed by atoms with E-state index in [4.69, 9.17) is 14.3 Å². The fourth-order valence-electron chi connectivity index (χ4n) is 6.03. The van der Waals surface area contributed by atoms with Crippen LogP contribution in [0.25, 0.3) is 0 Å². The molecule has 2 N–H and O–H groups in total. The fraction of sp³-hybridized carbons (Fsp3) is 0.741. The average Bonchev–Trinajstić information content (AvgIpc) is 2.68. The van der Waals surface area contributed by atoms with Crippen molar-refractivity contribution in [2.24, 2.45) is 0 Å². The number of ether oxygens (including phenoxy) is 2. The first-order valence-electron chi connectivity index (χ1n) is 12.9. The second-order valence-corrected chi connectivity index (χ2v) is 12.6. The zero-order valence-electron chi connectivity index (χ0n) is 23.5. The Kier molecular flexibility index (Phi) is 8.37. The third-order valence-corrected chi connectivity index (χ3v) is 6.57. The summed E-state index contributed by atoms with van der Waals surface area (Å²) in [6, 6.07) is 0.534. The summed E-state index contributed by atoms with van der Waals surface area (Å²) < 4.78 is 12.7. The van der Waals surface area contributed by atoms with Crippen molar-refractivity contribution >= 4 is 5.95 Å². The van der Waals surface area contributed by atoms with E-state index in [1.807, 2.05) is 0 Å². The summed E-state index contributed by atoms with van der Waals surface area (Å²) >= 11 is 0. The molecule has 9 heteroatoms. The minimum atomic E-state index is -0.252. The van der Waals surface area contributed by atoms with Crippen molar-refractivity contribution in [1.82, 2.24) is 25.3 Å². The highest BCUT2D eigenvalue weighted by Crippen LogP contribution is 2.40. The van der Waals surface area contributed by atoms with Gasteiger partial charge in [0.15, 0.2) is 0 Å². The summed E-state index contributed by atoms with van der Waals surface area (Å²) in [4.78, 5) is 19.7. The van der Waals surface area contributed by atoms with Crippen molar-refractivity contribution in [1.29, 1.82) is 0 Å². The molecule has 0 radical (unpaired) electrons. The summed E-state index contributed by atoms with van der Waals surface area (Å²) in [6.45, 7) is 26.0. The van der Waals surface area contributed by atoms with E-state index < -0.39 is 0 Å². The second kappa shape index (κ2) is 10.6. The molecule has 0 spiro atoms. The first-order chi connectivity index (χ1) is 16.6. The first kappa shape index (κ1) is 28.3. The van der Waals surface area contributed by atoms with Gasteiger partial charge in [0.2, 0.25) is 5.95 Å². The lowest BCUT2D eigenvalue weighted by Crippen LogP contribution is -2.62. The molecule has 2 aliphatic rings. The fourth-order valence-corrected chi connectivity index (χ4v) is 6.03. The van der Waals surface area contributed by atoms with Gasteiger partial charge in [-0.2, -0.15) is 15.0 Å². The molecule has 2 aliphatic heterocycles. The van der Waals surface area contributed by atoms with Crippen LogP contribution in [-0.2, 0) is 4.84 Å². The highest BCUT2D eigenvalue weighted by Gasteiger charge is 2.47. The molecule has 2 fully saturated rings. The maximum absolute atomic E-state index is 6.39. The van der Waals surface area contributed by atoms with E-state index in [1.165, 1.54) is 0 Å². The Morgan fingerprint density at radius 1 is 0.833 bits per heavy atom. The van der Waals surface area contributed by atoms with Crippen molar-refractivity contribution < 1.29 is 14.3 Å². The molecule has 0 aromatic carbocycles. The molecule has 36 heavy (non-hydrogen) atoms. The molecule has 9 nitrogen and oxygen atoms in total. The van der Waals surface area contributed by atoms with Crippen molar-refractivity contribution in [3.63, 3.8) is 0 Å². The second-order valence-electron chi connectivity index (χ2n) is 12.6. The van der Waals surface area contributed by atoms with Gasteiger partial charge in [-0.1, -0.05) is 12.2 Å². The number of hydroxylamine groups is 2. The molecule has 202 valence electrons. The Morgan fingerprint density at radius 3 is 1.81 bits per heavy atom. The SMILES string of the molecule is C=CCNc1nc(OC2CC(C)(C)NC(C)(C)C2)nc(OC2CC(C)(C)N(OCC=C)C(C)(C)C2)n1. The van der Waals surface area contributed by atoms with E-state index in [2.05, 4.69) is 99.2 Å². The van der Waals surface area contributed by atoms with Crippen LogP contribution in [0.15, 0.2) is 25.3 Å². The van der Waals surface area contributed by atoms with Gasteiger partial charge in [0.25, 0.3) is 0 Å². The van der Waals surface area contributed by atoms with Crippen LogP contribution in [0.4, 0.5) is 5.95 Å². The normalized spacial score (nSPS) is 23.6. The molecule has 0 unspecified atom stereocenters. The van der Waals surface area contributed by atoms with Gasteiger partial charge >= 0.3 is 12.0 Å². The van der Waals surface area contributed by atoms with Gasteiger partial charge in [0.05, 0.1) is 6.61 Å². The van der Waals surface area contributed by atoms with E-state index in [0.29, 0.717) is 19.1 Å². The van der Waals surface area contributed by atoms with Crippen LogP contribution in [-0.4, -0.2) is 67.5 Å². The molecular weight excluding hydrogens is 456 g/mol. The maximum Gasteiger partial charge on any atom is 0.324 e. The third kappa shape index (κ3) is 7.40. The summed E-state index contributed by atoms with van der Waals surface area (Å²) in [7, 11) is 0. The summed E-state index contributed by atoms with van der Waals surface area (Å²) in [6.07, 6.45) is 6.59. The van der Waals surface area contributed by atoms with Crippen LogP contribution < -0.4 is 20.1 Å². The number of hydrogen-bond acceptors (Lipinski definition) is 9. The molecule has 0 saturated carbocycles. The molecule has 0 bridgehead atoms. The van der Waals surface area contributed by atoms with E-state index in [-0.39, 0.29) is 46.4 Å². The Balaban J connectivity index is 1.81. The zero-order valence-corrected chi connectivity index (χ0v) is 23.5. The van der Waals surface area contributed by atoms with Crippen LogP contribution in [0.5, 0.6) is 12.0 Å². The number of piperidine rings is 2. The lowest BCUT2D eigenvalue weighted by atomic mass is 9.80. The van der Waals surface area contributed by atoms with Crippen LogP contribution in [0.2, 0.25) is 0 Å². The molecular formula is C27H46N6O3. The molecule has 3 heterocycles. The lowest BCUT2D eigenvalue weighted by molar-refractivity contribution is -0.284. The molecule has 0 amide bonds. The van der Waals surface area contributed by atoms with Crippen LogP contribution >= 0.6 is 0 Å². The molecule has 0 aliphatic carbocycles. The van der Waals surface area contributed by atoms with Crippen molar-refractivity contribution in [2.45, 2.75) is 115 Å². The number of nitrogens with one attached hydrogen (secondary N) is 2. The zero-order chi connectivity index (χ0) is 26.8. The summed E-state index contributed by atoms with van der Waals surface area (Å²) in [5, 5.41) is 8.91. The number of anilines is 1. The highest BCUT2D eigenvalue weighted by atomic mass is 16.7. The van der Waals surface area contributed by atoms with Crippen molar-refractivity contribution in [2.75, 3.05) is 18.5 Å². The smallest absolute Gasteiger partial charge is 0.324 e. The van der Waals surface area contributed by atoms with Gasteiger partial charge < -0.3 is 20.1 Å². The van der Waals surface area contributed by atoms with Gasteiger partial charge in [0.1, 0.15) is 12.2 Å². The Bertz CT molecular complexity index is 896.